The highest BCUT2D eigenvalue weighted by atomic mass is 16.7. The van der Waals surface area contributed by atoms with Gasteiger partial charge in [-0.3, -0.25) is 9.59 Å². The van der Waals surface area contributed by atoms with Gasteiger partial charge in [-0.25, -0.2) is 0 Å². The third-order valence-electron chi connectivity index (χ3n) is 9.44. The van der Waals surface area contributed by atoms with Crippen molar-refractivity contribution in [3.8, 4) is 0 Å². The molecule has 0 fully saturated rings. The van der Waals surface area contributed by atoms with Crippen molar-refractivity contribution in [2.75, 3.05) is 0 Å². The van der Waals surface area contributed by atoms with Crippen molar-refractivity contribution in [1.82, 2.24) is 0 Å². The van der Waals surface area contributed by atoms with Gasteiger partial charge in [-0.15, -0.1) is 0 Å². The molecule has 48 heavy (non-hydrogen) atoms. The second-order valence-electron chi connectivity index (χ2n) is 19.9. The highest BCUT2D eigenvalue weighted by Gasteiger charge is 2.50. The Bertz CT molecular complexity index is 1370. The minimum atomic E-state index is -0.940. The maximum Gasteiger partial charge on any atom is 0.185 e. The van der Waals surface area contributed by atoms with Crippen LogP contribution >= 0.6 is 0 Å². The molecule has 6 nitrogen and oxygen atoms in total. The van der Waals surface area contributed by atoms with Crippen molar-refractivity contribution in [1.29, 1.82) is 0 Å². The molecule has 3 aliphatic rings. The summed E-state index contributed by atoms with van der Waals surface area (Å²) < 4.78 is 0. The van der Waals surface area contributed by atoms with Gasteiger partial charge in [0, 0.05) is 33.1 Å². The van der Waals surface area contributed by atoms with Crippen LogP contribution in [0.4, 0.5) is 0 Å². The molecule has 0 aromatic rings. The highest BCUT2D eigenvalue weighted by molar-refractivity contribution is 6.18. The van der Waals surface area contributed by atoms with Crippen LogP contribution in [0.15, 0.2) is 81.2 Å². The molecular weight excluding hydrogens is 596 g/mol. The van der Waals surface area contributed by atoms with E-state index in [1.54, 1.807) is 0 Å². The van der Waals surface area contributed by atoms with Crippen LogP contribution < -0.4 is 0 Å². The number of hydrogen-bond acceptors (Lipinski definition) is 6. The van der Waals surface area contributed by atoms with Gasteiger partial charge in [0.1, 0.15) is 11.4 Å². The Morgan fingerprint density at radius 2 is 0.625 bits per heavy atom. The number of allylic oxidation sites excluding steroid dienone is 8. The maximum absolute atomic E-state index is 13.7. The first-order chi connectivity index (χ1) is 21.3. The Balaban J connectivity index is 2.03. The van der Waals surface area contributed by atoms with E-state index in [9.17, 15) is 9.59 Å². The van der Waals surface area contributed by atoms with Gasteiger partial charge in [-0.2, -0.15) is 0 Å². The molecule has 0 atom stereocenters. The zero-order valence-corrected chi connectivity index (χ0v) is 33.1. The molecule has 0 spiro atoms. The van der Waals surface area contributed by atoms with Gasteiger partial charge in [0.25, 0.3) is 0 Å². The molecule has 0 N–H and O–H groups in total. The summed E-state index contributed by atoms with van der Waals surface area (Å²) in [6.45, 7) is 37.4. The topological polar surface area (TPSA) is 77.3 Å². The molecular formula is C42H62N2O4. The third kappa shape index (κ3) is 7.95. The van der Waals surface area contributed by atoms with Crippen LogP contribution in [0.5, 0.6) is 0 Å². The second kappa shape index (κ2) is 12.2. The molecule has 0 aliphatic heterocycles. The number of rotatable bonds is 4. The first-order valence-electron chi connectivity index (χ1n) is 17.3. The number of carbonyl (C=O) groups excluding carboxylic acids is 2. The minimum absolute atomic E-state index is 0.0636. The summed E-state index contributed by atoms with van der Waals surface area (Å²) >= 11 is 0. The molecule has 0 heterocycles. The molecule has 0 radical (unpaired) electrons. The van der Waals surface area contributed by atoms with E-state index in [1.165, 1.54) is 0 Å². The van der Waals surface area contributed by atoms with Gasteiger partial charge in [-0.05, 0) is 70.3 Å². The van der Waals surface area contributed by atoms with Crippen molar-refractivity contribution >= 4 is 23.0 Å². The lowest BCUT2D eigenvalue weighted by molar-refractivity contribution is -0.116. The first-order valence-corrected chi connectivity index (χ1v) is 17.3. The first kappa shape index (κ1) is 39.2. The summed E-state index contributed by atoms with van der Waals surface area (Å²) in [7, 11) is 0. The van der Waals surface area contributed by atoms with Crippen LogP contribution in [0.1, 0.15) is 125 Å². The molecule has 0 aromatic heterocycles. The molecule has 0 unspecified atom stereocenters. The fourth-order valence-electron chi connectivity index (χ4n) is 5.80. The molecule has 3 aliphatic carbocycles. The predicted octanol–water partition coefficient (Wildman–Crippen LogP) is 10.5. The molecule has 0 aromatic carbocycles. The van der Waals surface area contributed by atoms with E-state index in [1.807, 2.05) is 48.6 Å². The number of oxime groups is 2. The van der Waals surface area contributed by atoms with Crippen LogP contribution in [-0.4, -0.2) is 34.2 Å². The number of ketones is 2. The zero-order chi connectivity index (χ0) is 37.1. The summed E-state index contributed by atoms with van der Waals surface area (Å²) in [5, 5.41) is 9.23. The zero-order valence-electron chi connectivity index (χ0n) is 33.1. The quantitative estimate of drug-likeness (QED) is 0.222. The summed E-state index contributed by atoms with van der Waals surface area (Å²) in [4.78, 5) is 40.3. The second-order valence-corrected chi connectivity index (χ2v) is 19.9. The Hall–Kier alpha value is -3.28. The van der Waals surface area contributed by atoms with Crippen LogP contribution in [0.25, 0.3) is 0 Å². The Morgan fingerprint density at radius 3 is 0.792 bits per heavy atom. The van der Waals surface area contributed by atoms with Crippen molar-refractivity contribution < 1.29 is 19.3 Å². The SMILES string of the molecule is CC(C)(C)C1=CC(ON=C2C=CC(=NOC3(C(C)(C)C)C=C(C(C)(C)C)C(=O)C(C(C)(C)C)=C3)C=C2)(C(C)(C)C)C=C(C(C)(C)C)C1=O. The van der Waals surface area contributed by atoms with Crippen molar-refractivity contribution in [3.63, 3.8) is 0 Å². The highest BCUT2D eigenvalue weighted by Crippen LogP contribution is 2.49. The van der Waals surface area contributed by atoms with E-state index >= 15 is 0 Å². The Kier molecular flexibility index (Phi) is 9.99. The molecule has 6 heteroatoms. The summed E-state index contributed by atoms with van der Waals surface area (Å²) in [5.74, 6) is 0.127. The Morgan fingerprint density at radius 1 is 0.417 bits per heavy atom. The summed E-state index contributed by atoms with van der Waals surface area (Å²) in [6, 6.07) is 0. The van der Waals surface area contributed by atoms with E-state index in [2.05, 4.69) is 135 Å². The lowest BCUT2D eigenvalue weighted by atomic mass is 9.64. The number of Topliss-reactive ketones (excluding diaryl/α,β-unsaturated/α-hetero) is 2. The van der Waals surface area contributed by atoms with Crippen LogP contribution in [0, 0.1) is 32.5 Å². The summed E-state index contributed by atoms with van der Waals surface area (Å²) in [6.07, 6.45) is 15.3. The van der Waals surface area contributed by atoms with Gasteiger partial charge >= 0.3 is 0 Å². The van der Waals surface area contributed by atoms with Gasteiger partial charge in [0.2, 0.25) is 0 Å². The van der Waals surface area contributed by atoms with Gasteiger partial charge in [0.15, 0.2) is 22.8 Å². The van der Waals surface area contributed by atoms with Gasteiger partial charge in [0.05, 0.1) is 0 Å². The molecule has 0 bridgehead atoms. The Labute approximate surface area is 291 Å². The maximum atomic E-state index is 13.7. The molecule has 3 rings (SSSR count). The van der Waals surface area contributed by atoms with Crippen molar-refractivity contribution in [3.05, 3.63) is 70.9 Å². The molecule has 0 saturated heterocycles. The van der Waals surface area contributed by atoms with Crippen molar-refractivity contribution in [2.24, 2.45) is 42.8 Å². The molecule has 0 amide bonds. The lowest BCUT2D eigenvalue weighted by Crippen LogP contribution is -2.46. The monoisotopic (exact) mass is 658 g/mol. The normalized spacial score (nSPS) is 20.5. The van der Waals surface area contributed by atoms with Crippen LogP contribution in [0.2, 0.25) is 0 Å². The van der Waals surface area contributed by atoms with Gasteiger partial charge in [-0.1, -0.05) is 135 Å². The largest absolute Gasteiger partial charge is 0.380 e. The van der Waals surface area contributed by atoms with Crippen LogP contribution in [-0.2, 0) is 19.3 Å². The summed E-state index contributed by atoms with van der Waals surface area (Å²) in [5.41, 5.74) is -0.0110. The van der Waals surface area contributed by atoms with E-state index in [-0.39, 0.29) is 33.2 Å². The number of nitrogens with zero attached hydrogens (tertiary/aromatic N) is 2. The standard InChI is InChI=1S/C42H62N2O4/c1-35(2,3)29-23-41(39(13,14)15,24-30(33(29)45)36(4,5)6)47-43-27-19-21-28(22-20-27)44-48-42(40(16,17)18)25-31(37(7,8)9)34(46)32(26-42)38(10,11)12/h19-26H,1-18H3. The van der Waals surface area contributed by atoms with Crippen LogP contribution in [0.3, 0.4) is 0 Å². The molecule has 264 valence electrons. The number of carbonyl (C=O) groups is 2. The average Bonchev–Trinajstić information content (AvgIpc) is 2.88. The van der Waals surface area contributed by atoms with Crippen molar-refractivity contribution in [2.45, 2.75) is 136 Å². The van der Waals surface area contributed by atoms with E-state index in [0.29, 0.717) is 11.4 Å². The third-order valence-corrected chi connectivity index (χ3v) is 9.44. The predicted molar refractivity (Wildman–Crippen MR) is 200 cm³/mol. The molecule has 0 saturated carbocycles. The van der Waals surface area contributed by atoms with Gasteiger partial charge < -0.3 is 9.68 Å². The lowest BCUT2D eigenvalue weighted by Gasteiger charge is -2.44. The fraction of sp³-hybridized carbons (Fsp3) is 0.619. The fourth-order valence-corrected chi connectivity index (χ4v) is 5.80. The average molecular weight is 659 g/mol. The minimum Gasteiger partial charge on any atom is -0.380 e. The smallest absolute Gasteiger partial charge is 0.185 e. The van der Waals surface area contributed by atoms with E-state index < -0.39 is 22.0 Å². The van der Waals surface area contributed by atoms with E-state index in [4.69, 9.17) is 9.68 Å². The number of hydrogen-bond donors (Lipinski definition) is 0. The van der Waals surface area contributed by atoms with E-state index in [0.717, 1.165) is 22.3 Å².